The lowest BCUT2D eigenvalue weighted by molar-refractivity contribution is -0.162. The number of rotatable bonds is 2. The summed E-state index contributed by atoms with van der Waals surface area (Å²) in [7, 11) is 0. The number of hydrogen-bond donors (Lipinski definition) is 1. The molecule has 0 radical (unpaired) electrons. The van der Waals surface area contributed by atoms with Gasteiger partial charge in [0.2, 0.25) is 0 Å². The minimum atomic E-state index is -0.539. The highest BCUT2D eigenvalue weighted by Crippen LogP contribution is 2.16. The molecule has 0 aromatic rings. The average Bonchev–Trinajstić information content (AvgIpc) is 2.47. The largest absolute Gasteiger partial charge is 0.460 e. The van der Waals surface area contributed by atoms with E-state index >= 15 is 0 Å². The summed E-state index contributed by atoms with van der Waals surface area (Å²) < 4.78 is 10.3. The first-order chi connectivity index (χ1) is 7.29. The van der Waals surface area contributed by atoms with Gasteiger partial charge in [0.15, 0.2) is 0 Å². The summed E-state index contributed by atoms with van der Waals surface area (Å²) in [5.74, 6) is -0.737. The molecule has 1 unspecified atom stereocenters. The SMILES string of the molecule is CC(=O)OC1CCN[C@@H]1C(=O)OC(C)(C)C. The maximum absolute atomic E-state index is 11.8. The highest BCUT2D eigenvalue weighted by atomic mass is 16.6. The number of esters is 2. The van der Waals surface area contributed by atoms with Crippen LogP contribution in [0.15, 0.2) is 0 Å². The standard InChI is InChI=1S/C11H19NO4/c1-7(13)15-8-5-6-12-9(8)10(14)16-11(2,3)4/h8-9,12H,5-6H2,1-4H3/t8?,9-/m0/s1. The van der Waals surface area contributed by atoms with E-state index in [1.54, 1.807) is 20.8 Å². The molecule has 16 heavy (non-hydrogen) atoms. The fourth-order valence-electron chi connectivity index (χ4n) is 1.62. The molecule has 1 aliphatic rings. The van der Waals surface area contributed by atoms with Crippen LogP contribution in [0.5, 0.6) is 0 Å². The molecule has 92 valence electrons. The van der Waals surface area contributed by atoms with Crippen LogP contribution in [-0.4, -0.2) is 36.2 Å². The van der Waals surface area contributed by atoms with Crippen molar-refractivity contribution in [2.24, 2.45) is 0 Å². The highest BCUT2D eigenvalue weighted by Gasteiger charge is 2.37. The third-order valence-corrected chi connectivity index (χ3v) is 2.14. The van der Waals surface area contributed by atoms with Gasteiger partial charge in [-0.25, -0.2) is 0 Å². The third-order valence-electron chi connectivity index (χ3n) is 2.14. The van der Waals surface area contributed by atoms with E-state index in [0.29, 0.717) is 13.0 Å². The second-order valence-corrected chi connectivity index (χ2v) is 4.90. The monoisotopic (exact) mass is 229 g/mol. The van der Waals surface area contributed by atoms with Crippen molar-refractivity contribution in [1.29, 1.82) is 0 Å². The Bertz CT molecular complexity index is 282. The molecule has 0 amide bonds. The topological polar surface area (TPSA) is 64.6 Å². The van der Waals surface area contributed by atoms with Gasteiger partial charge in [-0.1, -0.05) is 0 Å². The Kier molecular flexibility index (Phi) is 3.91. The van der Waals surface area contributed by atoms with Crippen molar-refractivity contribution in [3.63, 3.8) is 0 Å². The summed E-state index contributed by atoms with van der Waals surface area (Å²) in [6.07, 6.45) is 0.232. The lowest BCUT2D eigenvalue weighted by Crippen LogP contribution is -2.44. The highest BCUT2D eigenvalue weighted by molar-refractivity contribution is 5.78. The second-order valence-electron chi connectivity index (χ2n) is 4.90. The van der Waals surface area contributed by atoms with Crippen molar-refractivity contribution in [2.45, 2.75) is 51.9 Å². The Hall–Kier alpha value is -1.10. The molecule has 5 heteroatoms. The van der Waals surface area contributed by atoms with Gasteiger partial charge in [-0.05, 0) is 33.7 Å². The Morgan fingerprint density at radius 2 is 1.94 bits per heavy atom. The third kappa shape index (κ3) is 3.81. The molecule has 1 N–H and O–H groups in total. The van der Waals surface area contributed by atoms with Gasteiger partial charge < -0.3 is 14.8 Å². The zero-order valence-corrected chi connectivity index (χ0v) is 10.2. The van der Waals surface area contributed by atoms with Crippen molar-refractivity contribution in [2.75, 3.05) is 6.54 Å². The first-order valence-electron chi connectivity index (χ1n) is 5.43. The molecule has 1 saturated heterocycles. The molecule has 0 bridgehead atoms. The van der Waals surface area contributed by atoms with Crippen LogP contribution in [0.25, 0.3) is 0 Å². The Balaban J connectivity index is 2.57. The van der Waals surface area contributed by atoms with Gasteiger partial charge in [0.25, 0.3) is 0 Å². The zero-order chi connectivity index (χ0) is 12.3. The molecular formula is C11H19NO4. The molecule has 0 aliphatic carbocycles. The van der Waals surface area contributed by atoms with E-state index in [1.807, 2.05) is 0 Å². The van der Waals surface area contributed by atoms with Gasteiger partial charge in [-0.3, -0.25) is 9.59 Å². The predicted octanol–water partition coefficient (Wildman–Crippen LogP) is 0.622. The molecule has 1 fully saturated rings. The van der Waals surface area contributed by atoms with Crippen LogP contribution in [0.3, 0.4) is 0 Å². The first-order valence-corrected chi connectivity index (χ1v) is 5.43. The van der Waals surface area contributed by atoms with Gasteiger partial charge in [0.1, 0.15) is 17.7 Å². The van der Waals surface area contributed by atoms with Crippen LogP contribution in [0.4, 0.5) is 0 Å². The Morgan fingerprint density at radius 1 is 1.31 bits per heavy atom. The van der Waals surface area contributed by atoms with Crippen LogP contribution >= 0.6 is 0 Å². The molecule has 0 aromatic heterocycles. The van der Waals surface area contributed by atoms with Gasteiger partial charge in [-0.2, -0.15) is 0 Å². The zero-order valence-electron chi connectivity index (χ0n) is 10.2. The van der Waals surface area contributed by atoms with E-state index in [0.717, 1.165) is 0 Å². The fourth-order valence-corrected chi connectivity index (χ4v) is 1.62. The summed E-state index contributed by atoms with van der Waals surface area (Å²) in [4.78, 5) is 22.6. The van der Waals surface area contributed by atoms with Gasteiger partial charge in [-0.15, -0.1) is 0 Å². The summed E-state index contributed by atoms with van der Waals surface area (Å²) >= 11 is 0. The predicted molar refractivity (Wildman–Crippen MR) is 57.8 cm³/mol. The molecule has 0 saturated carbocycles. The number of carbonyl (C=O) groups excluding carboxylic acids is 2. The van der Waals surface area contributed by atoms with Crippen molar-refractivity contribution in [1.82, 2.24) is 5.32 Å². The van der Waals surface area contributed by atoms with Gasteiger partial charge in [0, 0.05) is 6.92 Å². The van der Waals surface area contributed by atoms with Crippen LogP contribution in [-0.2, 0) is 19.1 Å². The van der Waals surface area contributed by atoms with E-state index in [4.69, 9.17) is 9.47 Å². The maximum atomic E-state index is 11.8. The molecular weight excluding hydrogens is 210 g/mol. The van der Waals surface area contributed by atoms with Crippen molar-refractivity contribution < 1.29 is 19.1 Å². The lowest BCUT2D eigenvalue weighted by Gasteiger charge is -2.24. The van der Waals surface area contributed by atoms with Crippen molar-refractivity contribution in [3.8, 4) is 0 Å². The number of carbonyl (C=O) groups is 2. The Morgan fingerprint density at radius 3 is 2.44 bits per heavy atom. The van der Waals surface area contributed by atoms with Crippen LogP contribution in [0.2, 0.25) is 0 Å². The minimum Gasteiger partial charge on any atom is -0.460 e. The molecule has 1 aliphatic heterocycles. The van der Waals surface area contributed by atoms with Gasteiger partial charge >= 0.3 is 11.9 Å². The summed E-state index contributed by atoms with van der Waals surface area (Å²) in [6, 6.07) is -0.539. The number of ether oxygens (including phenoxy) is 2. The Labute approximate surface area is 95.5 Å². The smallest absolute Gasteiger partial charge is 0.327 e. The fraction of sp³-hybridized carbons (Fsp3) is 0.818. The van der Waals surface area contributed by atoms with E-state index in [2.05, 4.69) is 5.32 Å². The van der Waals surface area contributed by atoms with Crippen LogP contribution in [0, 0.1) is 0 Å². The average molecular weight is 229 g/mol. The van der Waals surface area contributed by atoms with E-state index in [9.17, 15) is 9.59 Å². The molecule has 5 nitrogen and oxygen atoms in total. The molecule has 2 atom stereocenters. The number of hydrogen-bond acceptors (Lipinski definition) is 5. The molecule has 0 spiro atoms. The van der Waals surface area contributed by atoms with Crippen LogP contribution in [0.1, 0.15) is 34.1 Å². The van der Waals surface area contributed by atoms with E-state index < -0.39 is 17.7 Å². The summed E-state index contributed by atoms with van der Waals surface area (Å²) in [6.45, 7) is 7.41. The lowest BCUT2D eigenvalue weighted by atomic mass is 10.1. The summed E-state index contributed by atoms with van der Waals surface area (Å²) in [5, 5.41) is 2.98. The van der Waals surface area contributed by atoms with Crippen molar-refractivity contribution >= 4 is 11.9 Å². The van der Waals surface area contributed by atoms with Crippen molar-refractivity contribution in [3.05, 3.63) is 0 Å². The van der Waals surface area contributed by atoms with E-state index in [1.165, 1.54) is 6.92 Å². The normalized spacial score (nSPS) is 25.2. The quantitative estimate of drug-likeness (QED) is 0.703. The van der Waals surface area contributed by atoms with Crippen LogP contribution < -0.4 is 5.32 Å². The number of nitrogens with one attached hydrogen (secondary N) is 1. The second kappa shape index (κ2) is 4.82. The minimum absolute atomic E-state index is 0.365. The van der Waals surface area contributed by atoms with E-state index in [-0.39, 0.29) is 11.9 Å². The first kappa shape index (κ1) is 13.0. The molecule has 1 rings (SSSR count). The molecule has 1 heterocycles. The maximum Gasteiger partial charge on any atom is 0.327 e. The molecule has 0 aromatic carbocycles. The summed E-state index contributed by atoms with van der Waals surface area (Å²) in [5.41, 5.74) is -0.526. The van der Waals surface area contributed by atoms with Gasteiger partial charge in [0.05, 0.1) is 0 Å².